The fourth-order valence-corrected chi connectivity index (χ4v) is 1.68. The van der Waals surface area contributed by atoms with Crippen LogP contribution in [0, 0.1) is 0 Å². The number of unbranched alkanes of at least 4 members (excludes halogenated alkanes) is 1. The molecule has 0 aliphatic heterocycles. The first-order valence-corrected chi connectivity index (χ1v) is 6.06. The zero-order valence-corrected chi connectivity index (χ0v) is 10.3. The van der Waals surface area contributed by atoms with Crippen molar-refractivity contribution >= 4 is 11.6 Å². The van der Waals surface area contributed by atoms with Gasteiger partial charge >= 0.3 is 0 Å². The van der Waals surface area contributed by atoms with Crippen LogP contribution in [0.2, 0.25) is 5.02 Å². The van der Waals surface area contributed by atoms with Gasteiger partial charge in [0, 0.05) is 0 Å². The highest BCUT2D eigenvalue weighted by molar-refractivity contribution is 6.32. The van der Waals surface area contributed by atoms with Gasteiger partial charge in [-0.3, -0.25) is 0 Å². The SMILES string of the molecule is CCCCC(CC)Oc1ccccc1Cl. The molecule has 0 fully saturated rings. The van der Waals surface area contributed by atoms with Crippen LogP contribution in [0.1, 0.15) is 39.5 Å². The molecular weight excluding hydrogens is 208 g/mol. The number of ether oxygens (including phenoxy) is 1. The molecule has 1 aromatic rings. The molecule has 0 bridgehead atoms. The summed E-state index contributed by atoms with van der Waals surface area (Å²) >= 11 is 6.03. The van der Waals surface area contributed by atoms with Gasteiger partial charge in [-0.05, 0) is 25.0 Å². The summed E-state index contributed by atoms with van der Waals surface area (Å²) in [7, 11) is 0. The van der Waals surface area contributed by atoms with E-state index in [4.69, 9.17) is 16.3 Å². The molecule has 0 aliphatic rings. The molecule has 0 aliphatic carbocycles. The lowest BCUT2D eigenvalue weighted by Gasteiger charge is -2.17. The summed E-state index contributed by atoms with van der Waals surface area (Å²) < 4.78 is 5.86. The number of hydrogen-bond acceptors (Lipinski definition) is 1. The Morgan fingerprint density at radius 3 is 2.60 bits per heavy atom. The lowest BCUT2D eigenvalue weighted by atomic mass is 10.1. The summed E-state index contributed by atoms with van der Waals surface area (Å²) in [6.45, 7) is 4.35. The van der Waals surface area contributed by atoms with Gasteiger partial charge in [-0.25, -0.2) is 0 Å². The van der Waals surface area contributed by atoms with Gasteiger partial charge in [-0.2, -0.15) is 0 Å². The number of halogens is 1. The van der Waals surface area contributed by atoms with Crippen molar-refractivity contribution in [2.24, 2.45) is 0 Å². The molecule has 0 amide bonds. The molecule has 2 heteroatoms. The zero-order valence-electron chi connectivity index (χ0n) is 9.50. The molecule has 0 spiro atoms. The Labute approximate surface area is 97.4 Å². The molecule has 1 rings (SSSR count). The number of para-hydroxylation sites is 1. The fraction of sp³-hybridized carbons (Fsp3) is 0.538. The number of hydrogen-bond donors (Lipinski definition) is 0. The van der Waals surface area contributed by atoms with Crippen molar-refractivity contribution in [3.05, 3.63) is 29.3 Å². The number of benzene rings is 1. The van der Waals surface area contributed by atoms with Gasteiger partial charge in [0.2, 0.25) is 0 Å². The first-order valence-electron chi connectivity index (χ1n) is 5.69. The topological polar surface area (TPSA) is 9.23 Å². The molecule has 0 saturated heterocycles. The Bertz CT molecular complexity index is 286. The van der Waals surface area contributed by atoms with E-state index in [1.807, 2.05) is 24.3 Å². The molecule has 1 unspecified atom stereocenters. The van der Waals surface area contributed by atoms with E-state index in [9.17, 15) is 0 Å². The van der Waals surface area contributed by atoms with Gasteiger partial charge in [0.1, 0.15) is 5.75 Å². The van der Waals surface area contributed by atoms with Crippen molar-refractivity contribution < 1.29 is 4.74 Å². The van der Waals surface area contributed by atoms with Crippen LogP contribution in [0.15, 0.2) is 24.3 Å². The minimum absolute atomic E-state index is 0.296. The van der Waals surface area contributed by atoms with Crippen molar-refractivity contribution in [2.75, 3.05) is 0 Å². The summed E-state index contributed by atoms with van der Waals surface area (Å²) in [4.78, 5) is 0. The average Bonchev–Trinajstić information content (AvgIpc) is 2.26. The van der Waals surface area contributed by atoms with E-state index in [1.165, 1.54) is 12.8 Å². The van der Waals surface area contributed by atoms with E-state index in [1.54, 1.807) is 0 Å². The first kappa shape index (κ1) is 12.4. The third-order valence-electron chi connectivity index (χ3n) is 2.47. The summed E-state index contributed by atoms with van der Waals surface area (Å²) in [5.74, 6) is 0.808. The number of rotatable bonds is 6. The highest BCUT2D eigenvalue weighted by atomic mass is 35.5. The molecular formula is C13H19ClO. The minimum atomic E-state index is 0.296. The van der Waals surface area contributed by atoms with Gasteiger partial charge in [0.05, 0.1) is 11.1 Å². The quantitative estimate of drug-likeness (QED) is 0.684. The Hall–Kier alpha value is -0.690. The van der Waals surface area contributed by atoms with Crippen molar-refractivity contribution in [1.82, 2.24) is 0 Å². The van der Waals surface area contributed by atoms with Crippen LogP contribution >= 0.6 is 11.6 Å². The predicted molar refractivity (Wildman–Crippen MR) is 65.7 cm³/mol. The maximum atomic E-state index is 6.03. The molecule has 1 atom stereocenters. The molecule has 1 nitrogen and oxygen atoms in total. The second kappa shape index (κ2) is 6.73. The standard InChI is InChI=1S/C13H19ClO/c1-3-5-8-11(4-2)15-13-10-7-6-9-12(13)14/h6-7,9-11H,3-5,8H2,1-2H3. The second-order valence-corrected chi connectivity index (χ2v) is 4.13. The zero-order chi connectivity index (χ0) is 11.1. The van der Waals surface area contributed by atoms with Gasteiger partial charge in [0.25, 0.3) is 0 Å². The van der Waals surface area contributed by atoms with Crippen LogP contribution in [-0.4, -0.2) is 6.10 Å². The molecule has 0 saturated carbocycles. The van der Waals surface area contributed by atoms with Gasteiger partial charge in [-0.15, -0.1) is 0 Å². The van der Waals surface area contributed by atoms with E-state index in [-0.39, 0.29) is 0 Å². The van der Waals surface area contributed by atoms with Crippen LogP contribution in [-0.2, 0) is 0 Å². The van der Waals surface area contributed by atoms with Crippen LogP contribution in [0.3, 0.4) is 0 Å². The summed E-state index contributed by atoms with van der Waals surface area (Å²) in [6.07, 6.45) is 4.86. The predicted octanol–water partition coefficient (Wildman–Crippen LogP) is 4.69. The monoisotopic (exact) mass is 226 g/mol. The Morgan fingerprint density at radius 1 is 1.27 bits per heavy atom. The second-order valence-electron chi connectivity index (χ2n) is 3.72. The average molecular weight is 227 g/mol. The highest BCUT2D eigenvalue weighted by Gasteiger charge is 2.09. The molecule has 84 valence electrons. The van der Waals surface area contributed by atoms with Gasteiger partial charge in [-0.1, -0.05) is 50.4 Å². The summed E-state index contributed by atoms with van der Waals surface area (Å²) in [5, 5.41) is 0.701. The van der Waals surface area contributed by atoms with Crippen molar-refractivity contribution in [2.45, 2.75) is 45.6 Å². The normalized spacial score (nSPS) is 12.5. The van der Waals surface area contributed by atoms with Crippen LogP contribution in [0.5, 0.6) is 5.75 Å². The largest absolute Gasteiger partial charge is 0.489 e. The van der Waals surface area contributed by atoms with Gasteiger partial charge in [0.15, 0.2) is 0 Å². The smallest absolute Gasteiger partial charge is 0.138 e. The minimum Gasteiger partial charge on any atom is -0.489 e. The molecule has 0 heterocycles. The maximum absolute atomic E-state index is 6.03. The molecule has 1 aromatic carbocycles. The van der Waals surface area contributed by atoms with E-state index >= 15 is 0 Å². The molecule has 15 heavy (non-hydrogen) atoms. The molecule has 0 radical (unpaired) electrons. The third-order valence-corrected chi connectivity index (χ3v) is 2.78. The maximum Gasteiger partial charge on any atom is 0.138 e. The van der Waals surface area contributed by atoms with Crippen LogP contribution in [0.25, 0.3) is 0 Å². The van der Waals surface area contributed by atoms with Crippen molar-refractivity contribution in [3.8, 4) is 5.75 Å². The summed E-state index contributed by atoms with van der Waals surface area (Å²) in [5.41, 5.74) is 0. The lowest BCUT2D eigenvalue weighted by molar-refractivity contribution is 0.183. The Balaban J connectivity index is 2.54. The lowest BCUT2D eigenvalue weighted by Crippen LogP contribution is -2.15. The van der Waals surface area contributed by atoms with E-state index in [0.29, 0.717) is 11.1 Å². The van der Waals surface area contributed by atoms with E-state index in [0.717, 1.165) is 18.6 Å². The van der Waals surface area contributed by atoms with Crippen LogP contribution < -0.4 is 4.74 Å². The first-order chi connectivity index (χ1) is 7.27. The molecule has 0 aromatic heterocycles. The van der Waals surface area contributed by atoms with Crippen molar-refractivity contribution in [3.63, 3.8) is 0 Å². The van der Waals surface area contributed by atoms with Crippen molar-refractivity contribution in [1.29, 1.82) is 0 Å². The summed E-state index contributed by atoms with van der Waals surface area (Å²) in [6, 6.07) is 7.66. The fourth-order valence-electron chi connectivity index (χ4n) is 1.50. The van der Waals surface area contributed by atoms with E-state index in [2.05, 4.69) is 13.8 Å². The van der Waals surface area contributed by atoms with E-state index < -0.39 is 0 Å². The highest BCUT2D eigenvalue weighted by Crippen LogP contribution is 2.25. The van der Waals surface area contributed by atoms with Gasteiger partial charge < -0.3 is 4.74 Å². The third kappa shape index (κ3) is 4.13. The van der Waals surface area contributed by atoms with Crippen LogP contribution in [0.4, 0.5) is 0 Å². The Kier molecular flexibility index (Phi) is 5.56. The molecule has 0 N–H and O–H groups in total. The Morgan fingerprint density at radius 2 is 2.00 bits per heavy atom.